The van der Waals surface area contributed by atoms with Gasteiger partial charge in [0.15, 0.2) is 0 Å². The van der Waals surface area contributed by atoms with Gasteiger partial charge in [0.05, 0.1) is 0 Å². The SMILES string of the molecule is CC(C)C(NC(=O)N1CCC2CCCCC2C1)C(=O)O. The number of nitrogens with one attached hydrogen (secondary N) is 1. The van der Waals surface area contributed by atoms with Gasteiger partial charge in [0.1, 0.15) is 6.04 Å². The molecule has 3 atom stereocenters. The van der Waals surface area contributed by atoms with Crippen LogP contribution < -0.4 is 5.32 Å². The van der Waals surface area contributed by atoms with E-state index in [9.17, 15) is 9.59 Å². The minimum absolute atomic E-state index is 0.108. The maximum atomic E-state index is 12.2. The molecule has 1 saturated heterocycles. The predicted molar refractivity (Wildman–Crippen MR) is 76.4 cm³/mol. The van der Waals surface area contributed by atoms with E-state index in [1.165, 1.54) is 25.7 Å². The molecular formula is C15H26N2O3. The molecule has 1 heterocycles. The zero-order chi connectivity index (χ0) is 14.7. The maximum Gasteiger partial charge on any atom is 0.326 e. The van der Waals surface area contributed by atoms with Crippen molar-refractivity contribution in [1.29, 1.82) is 0 Å². The van der Waals surface area contributed by atoms with Crippen molar-refractivity contribution in [2.75, 3.05) is 13.1 Å². The van der Waals surface area contributed by atoms with Gasteiger partial charge in [0.25, 0.3) is 0 Å². The van der Waals surface area contributed by atoms with Crippen molar-refractivity contribution in [1.82, 2.24) is 10.2 Å². The van der Waals surface area contributed by atoms with Crippen LogP contribution in [-0.2, 0) is 4.79 Å². The lowest BCUT2D eigenvalue weighted by Gasteiger charge is -2.41. The lowest BCUT2D eigenvalue weighted by atomic mass is 9.75. The highest BCUT2D eigenvalue weighted by Gasteiger charge is 2.34. The molecule has 5 nitrogen and oxygen atoms in total. The van der Waals surface area contributed by atoms with Gasteiger partial charge in [0, 0.05) is 13.1 Å². The Kier molecular flexibility index (Phi) is 4.89. The molecule has 1 aliphatic heterocycles. The topological polar surface area (TPSA) is 69.6 Å². The number of carbonyl (C=O) groups excluding carboxylic acids is 1. The minimum atomic E-state index is -0.957. The highest BCUT2D eigenvalue weighted by atomic mass is 16.4. The Morgan fingerprint density at radius 2 is 1.80 bits per heavy atom. The average molecular weight is 282 g/mol. The molecular weight excluding hydrogens is 256 g/mol. The number of carbonyl (C=O) groups is 2. The van der Waals surface area contributed by atoms with Gasteiger partial charge >= 0.3 is 12.0 Å². The minimum Gasteiger partial charge on any atom is -0.480 e. The summed E-state index contributed by atoms with van der Waals surface area (Å²) in [7, 11) is 0. The third-order valence-corrected chi connectivity index (χ3v) is 4.79. The summed E-state index contributed by atoms with van der Waals surface area (Å²) in [6.45, 7) is 5.18. The second kappa shape index (κ2) is 6.46. The maximum absolute atomic E-state index is 12.2. The van der Waals surface area contributed by atoms with Crippen LogP contribution >= 0.6 is 0 Å². The first-order chi connectivity index (χ1) is 9.49. The largest absolute Gasteiger partial charge is 0.480 e. The van der Waals surface area contributed by atoms with Crippen molar-refractivity contribution >= 4 is 12.0 Å². The molecule has 5 heteroatoms. The van der Waals surface area contributed by atoms with Gasteiger partial charge in [-0.2, -0.15) is 0 Å². The molecule has 1 saturated carbocycles. The normalized spacial score (nSPS) is 27.9. The standard InChI is InChI=1S/C15H26N2O3/c1-10(2)13(14(18)19)16-15(20)17-8-7-11-5-3-4-6-12(11)9-17/h10-13H,3-9H2,1-2H3,(H,16,20)(H,18,19). The van der Waals surface area contributed by atoms with Gasteiger partial charge in [-0.05, 0) is 30.6 Å². The zero-order valence-corrected chi connectivity index (χ0v) is 12.5. The van der Waals surface area contributed by atoms with E-state index in [0.29, 0.717) is 5.92 Å². The monoisotopic (exact) mass is 282 g/mol. The number of aliphatic carboxylic acids is 1. The number of likely N-dealkylation sites (tertiary alicyclic amines) is 1. The average Bonchev–Trinajstić information content (AvgIpc) is 2.43. The van der Waals surface area contributed by atoms with Gasteiger partial charge in [-0.25, -0.2) is 9.59 Å². The van der Waals surface area contributed by atoms with Crippen LogP contribution in [0.2, 0.25) is 0 Å². The quantitative estimate of drug-likeness (QED) is 0.834. The second-order valence-electron chi connectivity index (χ2n) is 6.55. The highest BCUT2D eigenvalue weighted by molar-refractivity contribution is 5.82. The van der Waals surface area contributed by atoms with Crippen LogP contribution in [0.5, 0.6) is 0 Å². The first-order valence-electron chi connectivity index (χ1n) is 7.77. The lowest BCUT2D eigenvalue weighted by molar-refractivity contribution is -0.140. The fourth-order valence-corrected chi connectivity index (χ4v) is 3.52. The second-order valence-corrected chi connectivity index (χ2v) is 6.55. The van der Waals surface area contributed by atoms with Crippen LogP contribution in [0.25, 0.3) is 0 Å². The fourth-order valence-electron chi connectivity index (χ4n) is 3.52. The number of amides is 2. The lowest BCUT2D eigenvalue weighted by Crippen LogP contribution is -2.53. The Bertz CT molecular complexity index is 370. The van der Waals surface area contributed by atoms with Crippen molar-refractivity contribution in [3.05, 3.63) is 0 Å². The van der Waals surface area contributed by atoms with Crippen LogP contribution in [0.3, 0.4) is 0 Å². The summed E-state index contributed by atoms with van der Waals surface area (Å²) in [5.74, 6) is 0.323. The molecule has 2 N–H and O–H groups in total. The number of hydrogen-bond donors (Lipinski definition) is 2. The number of hydrogen-bond acceptors (Lipinski definition) is 2. The molecule has 0 spiro atoms. The fraction of sp³-hybridized carbons (Fsp3) is 0.867. The summed E-state index contributed by atoms with van der Waals surface area (Å²) in [5, 5.41) is 11.8. The smallest absolute Gasteiger partial charge is 0.326 e. The van der Waals surface area contributed by atoms with E-state index in [-0.39, 0.29) is 11.9 Å². The van der Waals surface area contributed by atoms with Crippen LogP contribution in [0.4, 0.5) is 4.79 Å². The molecule has 20 heavy (non-hydrogen) atoms. The van der Waals surface area contributed by atoms with Gasteiger partial charge in [-0.3, -0.25) is 0 Å². The summed E-state index contributed by atoms with van der Waals surface area (Å²) in [4.78, 5) is 25.2. The molecule has 2 fully saturated rings. The summed E-state index contributed by atoms with van der Waals surface area (Å²) in [6, 6.07) is -1.01. The van der Waals surface area contributed by atoms with Crippen molar-refractivity contribution < 1.29 is 14.7 Å². The number of carboxylic acids is 1. The van der Waals surface area contributed by atoms with Crippen molar-refractivity contribution in [2.45, 2.75) is 52.0 Å². The number of nitrogens with zero attached hydrogens (tertiary/aromatic N) is 1. The van der Waals surface area contributed by atoms with Gasteiger partial charge in [0.2, 0.25) is 0 Å². The summed E-state index contributed by atoms with van der Waals surface area (Å²) in [6.07, 6.45) is 6.16. The molecule has 2 aliphatic rings. The van der Waals surface area contributed by atoms with E-state index in [1.807, 2.05) is 18.7 Å². The summed E-state index contributed by atoms with van der Waals surface area (Å²) >= 11 is 0. The Morgan fingerprint density at radius 3 is 2.40 bits per heavy atom. The zero-order valence-electron chi connectivity index (χ0n) is 12.5. The third-order valence-electron chi connectivity index (χ3n) is 4.79. The summed E-state index contributed by atoms with van der Waals surface area (Å²) < 4.78 is 0. The van der Waals surface area contributed by atoms with Crippen LogP contribution in [0.1, 0.15) is 46.0 Å². The van der Waals surface area contributed by atoms with E-state index < -0.39 is 12.0 Å². The van der Waals surface area contributed by atoms with Crippen LogP contribution in [0.15, 0.2) is 0 Å². The molecule has 2 amide bonds. The highest BCUT2D eigenvalue weighted by Crippen LogP contribution is 2.35. The number of fused-ring (bicyclic) bond motifs is 1. The molecule has 3 unspecified atom stereocenters. The Hall–Kier alpha value is -1.26. The van der Waals surface area contributed by atoms with Crippen LogP contribution in [-0.4, -0.2) is 41.1 Å². The van der Waals surface area contributed by atoms with Crippen molar-refractivity contribution in [3.8, 4) is 0 Å². The first-order valence-corrected chi connectivity index (χ1v) is 7.77. The Balaban J connectivity index is 1.91. The number of piperidine rings is 1. The number of rotatable bonds is 3. The Labute approximate surface area is 120 Å². The Morgan fingerprint density at radius 1 is 1.15 bits per heavy atom. The third kappa shape index (κ3) is 3.44. The van der Waals surface area contributed by atoms with Gasteiger partial charge < -0.3 is 15.3 Å². The van der Waals surface area contributed by atoms with E-state index in [0.717, 1.165) is 25.4 Å². The molecule has 1 aliphatic carbocycles. The van der Waals surface area contributed by atoms with E-state index in [4.69, 9.17) is 5.11 Å². The van der Waals surface area contributed by atoms with Gasteiger partial charge in [-0.1, -0.05) is 33.1 Å². The van der Waals surface area contributed by atoms with Crippen molar-refractivity contribution in [3.63, 3.8) is 0 Å². The number of urea groups is 1. The van der Waals surface area contributed by atoms with Crippen molar-refractivity contribution in [2.24, 2.45) is 17.8 Å². The van der Waals surface area contributed by atoms with Crippen LogP contribution in [0, 0.1) is 17.8 Å². The van der Waals surface area contributed by atoms with E-state index in [1.54, 1.807) is 0 Å². The molecule has 0 bridgehead atoms. The molecule has 114 valence electrons. The van der Waals surface area contributed by atoms with Gasteiger partial charge in [-0.15, -0.1) is 0 Å². The molecule has 0 aromatic carbocycles. The molecule has 0 aromatic heterocycles. The molecule has 0 aromatic rings. The van der Waals surface area contributed by atoms with E-state index >= 15 is 0 Å². The van der Waals surface area contributed by atoms with E-state index in [2.05, 4.69) is 5.32 Å². The molecule has 0 radical (unpaired) electrons. The first kappa shape index (κ1) is 15.1. The predicted octanol–water partition coefficient (Wildman–Crippen LogP) is 2.32. The number of carboxylic acid groups (broad SMARTS) is 1. The molecule has 2 rings (SSSR count). The summed E-state index contributed by atoms with van der Waals surface area (Å²) in [5.41, 5.74) is 0.